The van der Waals surface area contributed by atoms with E-state index in [0.717, 1.165) is 17.1 Å². The molecule has 12 aromatic carbocycles. The fourth-order valence-corrected chi connectivity index (χ4v) is 13.2. The Kier molecular flexibility index (Phi) is 8.81. The Bertz CT molecular complexity index is 4230. The number of anilines is 3. The van der Waals surface area contributed by atoms with Gasteiger partial charge in [-0.1, -0.05) is 194 Å². The summed E-state index contributed by atoms with van der Waals surface area (Å²) in [7, 11) is 0. The van der Waals surface area contributed by atoms with E-state index < -0.39 is 5.41 Å². The molecule has 1 aromatic heterocycles. The van der Waals surface area contributed by atoms with Crippen LogP contribution in [0.1, 0.15) is 22.3 Å². The Morgan fingerprint density at radius 1 is 0.254 bits per heavy atom. The highest BCUT2D eigenvalue weighted by molar-refractivity contribution is 7.25. The Morgan fingerprint density at radius 3 is 1.30 bits per heavy atom. The van der Waals surface area contributed by atoms with Gasteiger partial charge in [0.15, 0.2) is 0 Å². The molecule has 1 spiro atoms. The van der Waals surface area contributed by atoms with Crippen LogP contribution in [-0.4, -0.2) is 0 Å². The first-order chi connectivity index (χ1) is 35.2. The topological polar surface area (TPSA) is 3.24 Å². The second-order valence-corrected chi connectivity index (χ2v) is 20.3. The van der Waals surface area contributed by atoms with Crippen molar-refractivity contribution in [1.82, 2.24) is 0 Å². The number of hydrogen-bond donors (Lipinski definition) is 0. The average molecular weight is 918 g/mol. The lowest BCUT2D eigenvalue weighted by Crippen LogP contribution is -2.26. The molecular weight excluding hydrogens is 875 g/mol. The zero-order valence-electron chi connectivity index (χ0n) is 38.7. The van der Waals surface area contributed by atoms with Crippen molar-refractivity contribution in [3.8, 4) is 55.6 Å². The molecule has 0 fully saturated rings. The van der Waals surface area contributed by atoms with E-state index in [-0.39, 0.29) is 0 Å². The quantitative estimate of drug-likeness (QED) is 0.161. The predicted octanol–water partition coefficient (Wildman–Crippen LogP) is 19.2. The summed E-state index contributed by atoms with van der Waals surface area (Å²) in [6, 6.07) is 97.4. The summed E-state index contributed by atoms with van der Waals surface area (Å²) >= 11 is 1.86. The molecule has 71 heavy (non-hydrogen) atoms. The molecule has 1 nitrogen and oxygen atoms in total. The fourth-order valence-electron chi connectivity index (χ4n) is 12.2. The third-order valence-electron chi connectivity index (χ3n) is 15.5. The van der Waals surface area contributed by atoms with Crippen molar-refractivity contribution < 1.29 is 0 Å². The Morgan fingerprint density at radius 2 is 0.662 bits per heavy atom. The fraction of sp³-hybridized carbons (Fsp3) is 0.0145. The van der Waals surface area contributed by atoms with Gasteiger partial charge in [0.05, 0.1) is 5.41 Å². The van der Waals surface area contributed by atoms with Gasteiger partial charge in [0.2, 0.25) is 0 Å². The van der Waals surface area contributed by atoms with Gasteiger partial charge in [-0.15, -0.1) is 11.3 Å². The molecule has 0 radical (unpaired) electrons. The normalized spacial score (nSPS) is 12.9. The molecule has 1 heterocycles. The average Bonchev–Trinajstić information content (AvgIpc) is 4.07. The van der Waals surface area contributed by atoms with Gasteiger partial charge in [-0.05, 0) is 166 Å². The van der Waals surface area contributed by atoms with Gasteiger partial charge in [-0.25, -0.2) is 0 Å². The van der Waals surface area contributed by atoms with E-state index in [1.165, 1.54) is 120 Å². The molecule has 0 amide bonds. The van der Waals surface area contributed by atoms with Crippen molar-refractivity contribution in [3.63, 3.8) is 0 Å². The summed E-state index contributed by atoms with van der Waals surface area (Å²) in [4.78, 5) is 2.47. The van der Waals surface area contributed by atoms with Crippen LogP contribution in [-0.2, 0) is 5.41 Å². The van der Waals surface area contributed by atoms with Crippen molar-refractivity contribution in [2.24, 2.45) is 0 Å². The van der Waals surface area contributed by atoms with Gasteiger partial charge in [-0.2, -0.15) is 0 Å². The standard InChI is InChI=1S/C69H43NS/c1-2-12-48-39-50(26-25-44(48)11-1)53-30-29-51-40-49(27-28-52(51)41-53)47-23-21-45(22-24-47)46-31-33-54(34-32-46)70(55-36-38-68-62(42-55)61-16-6-10-20-67(61)71-68)56-35-37-60-59-15-5-9-19-65(59)69(66(60)43-56)63-17-7-3-13-57(63)58-14-4-8-18-64(58)69/h1-43H. The minimum absolute atomic E-state index is 0.431. The molecule has 15 rings (SSSR count). The van der Waals surface area contributed by atoms with Crippen LogP contribution >= 0.6 is 11.3 Å². The lowest BCUT2D eigenvalue weighted by atomic mass is 9.70. The summed E-state index contributed by atoms with van der Waals surface area (Å²) in [5.74, 6) is 0. The highest BCUT2D eigenvalue weighted by Crippen LogP contribution is 2.63. The van der Waals surface area contributed by atoms with Crippen molar-refractivity contribution in [2.75, 3.05) is 4.90 Å². The van der Waals surface area contributed by atoms with Crippen molar-refractivity contribution in [2.45, 2.75) is 5.41 Å². The molecule has 0 N–H and O–H groups in total. The second-order valence-electron chi connectivity index (χ2n) is 19.2. The predicted molar refractivity (Wildman–Crippen MR) is 302 cm³/mol. The molecule has 0 aliphatic heterocycles. The molecule has 0 atom stereocenters. The SMILES string of the molecule is c1ccc2c(c1)-c1ccccc1C21c2ccccc2-c2ccc(N(c3ccc(-c4ccc(-c5ccc6cc(-c7ccc8ccccc8c7)ccc6c5)cc4)cc3)c3ccc4sc5ccccc5c4c3)cc21. The van der Waals surface area contributed by atoms with E-state index in [2.05, 4.69) is 266 Å². The lowest BCUT2D eigenvalue weighted by Gasteiger charge is -2.32. The minimum Gasteiger partial charge on any atom is -0.310 e. The summed E-state index contributed by atoms with van der Waals surface area (Å²) in [5.41, 5.74) is 20.8. The van der Waals surface area contributed by atoms with Gasteiger partial charge < -0.3 is 4.90 Å². The Hall–Kier alpha value is -8.82. The molecule has 0 bridgehead atoms. The van der Waals surface area contributed by atoms with Crippen LogP contribution in [0.5, 0.6) is 0 Å². The minimum atomic E-state index is -0.431. The Labute approximate surface area is 416 Å². The van der Waals surface area contributed by atoms with Crippen LogP contribution in [0.4, 0.5) is 17.1 Å². The van der Waals surface area contributed by atoms with Crippen LogP contribution in [0.3, 0.4) is 0 Å². The number of hydrogen-bond acceptors (Lipinski definition) is 2. The maximum Gasteiger partial charge on any atom is 0.0726 e. The number of benzene rings is 12. The zero-order chi connectivity index (χ0) is 46.6. The molecule has 330 valence electrons. The van der Waals surface area contributed by atoms with E-state index in [1.807, 2.05) is 11.3 Å². The first-order valence-corrected chi connectivity index (χ1v) is 25.4. The second kappa shape index (κ2) is 15.6. The smallest absolute Gasteiger partial charge is 0.0726 e. The maximum atomic E-state index is 2.49. The summed E-state index contributed by atoms with van der Waals surface area (Å²) in [5, 5.41) is 7.59. The highest BCUT2D eigenvalue weighted by Gasteiger charge is 2.51. The molecular formula is C69H43NS. The first kappa shape index (κ1) is 40.1. The van der Waals surface area contributed by atoms with Crippen LogP contribution in [0.2, 0.25) is 0 Å². The molecule has 2 heteroatoms. The third kappa shape index (κ3) is 6.12. The molecule has 2 aliphatic rings. The molecule has 2 aliphatic carbocycles. The lowest BCUT2D eigenvalue weighted by molar-refractivity contribution is 0.793. The summed E-state index contributed by atoms with van der Waals surface area (Å²) < 4.78 is 2.61. The van der Waals surface area contributed by atoms with E-state index in [9.17, 15) is 0 Å². The summed E-state index contributed by atoms with van der Waals surface area (Å²) in [6.07, 6.45) is 0. The van der Waals surface area contributed by atoms with Crippen molar-refractivity contribution in [3.05, 3.63) is 283 Å². The van der Waals surface area contributed by atoms with Gasteiger partial charge in [0.1, 0.15) is 0 Å². The van der Waals surface area contributed by atoms with Crippen molar-refractivity contribution >= 4 is 70.1 Å². The monoisotopic (exact) mass is 917 g/mol. The van der Waals surface area contributed by atoms with Crippen LogP contribution in [0.25, 0.3) is 97.4 Å². The number of nitrogens with zero attached hydrogens (tertiary/aromatic N) is 1. The van der Waals surface area contributed by atoms with Crippen molar-refractivity contribution in [1.29, 1.82) is 0 Å². The van der Waals surface area contributed by atoms with Gasteiger partial charge in [0, 0.05) is 37.2 Å². The number of fused-ring (bicyclic) bond motifs is 15. The van der Waals surface area contributed by atoms with E-state index in [1.54, 1.807) is 0 Å². The zero-order valence-corrected chi connectivity index (χ0v) is 39.5. The van der Waals surface area contributed by atoms with E-state index in [0.29, 0.717) is 0 Å². The van der Waals surface area contributed by atoms with E-state index in [4.69, 9.17) is 0 Å². The Balaban J connectivity index is 0.806. The van der Waals surface area contributed by atoms with Gasteiger partial charge >= 0.3 is 0 Å². The number of rotatable bonds is 6. The number of thiophene rings is 1. The van der Waals surface area contributed by atoms with E-state index >= 15 is 0 Å². The van der Waals surface area contributed by atoms with Crippen LogP contribution < -0.4 is 4.90 Å². The maximum absolute atomic E-state index is 2.49. The summed E-state index contributed by atoms with van der Waals surface area (Å²) in [6.45, 7) is 0. The first-order valence-electron chi connectivity index (χ1n) is 24.5. The third-order valence-corrected chi connectivity index (χ3v) is 16.6. The van der Waals surface area contributed by atoms with Gasteiger partial charge in [0.25, 0.3) is 0 Å². The van der Waals surface area contributed by atoms with Gasteiger partial charge in [-0.3, -0.25) is 0 Å². The molecule has 13 aromatic rings. The van der Waals surface area contributed by atoms with Crippen LogP contribution in [0.15, 0.2) is 261 Å². The molecule has 0 saturated carbocycles. The molecule has 0 saturated heterocycles. The highest BCUT2D eigenvalue weighted by atomic mass is 32.1. The van der Waals surface area contributed by atoms with Crippen LogP contribution in [0, 0.1) is 0 Å². The molecule has 0 unspecified atom stereocenters. The largest absolute Gasteiger partial charge is 0.310 e.